The quantitative estimate of drug-likeness (QED) is 0.378. The molecule has 1 aliphatic carbocycles. The van der Waals surface area contributed by atoms with Gasteiger partial charge in [-0.2, -0.15) is 0 Å². The highest BCUT2D eigenvalue weighted by Crippen LogP contribution is 2.41. The van der Waals surface area contributed by atoms with E-state index >= 15 is 0 Å². The van der Waals surface area contributed by atoms with Crippen molar-refractivity contribution in [1.29, 1.82) is 0 Å². The zero-order valence-electron chi connectivity index (χ0n) is 16.2. The molecule has 1 N–H and O–H groups in total. The maximum absolute atomic E-state index is 4.54. The van der Waals surface area contributed by atoms with Crippen LogP contribution in [0, 0.1) is 6.92 Å². The predicted octanol–water partition coefficient (Wildman–Crippen LogP) is 4.76. The minimum Gasteiger partial charge on any atom is -0.353 e. The SMILES string of the molecule is CN=C(NC1CC1c1ccc(C(C)C)cc1)N(C)Cc1csc(C)n1.I. The molecule has 1 heterocycles. The number of aliphatic imine (C=N–C) groups is 1. The largest absolute Gasteiger partial charge is 0.353 e. The van der Waals surface area contributed by atoms with Crippen LogP contribution in [0.3, 0.4) is 0 Å². The molecule has 2 atom stereocenters. The van der Waals surface area contributed by atoms with E-state index < -0.39 is 0 Å². The Morgan fingerprint density at radius 1 is 1.35 bits per heavy atom. The Bertz CT molecular complexity index is 739. The number of aryl methyl sites for hydroxylation is 1. The van der Waals surface area contributed by atoms with Crippen LogP contribution in [0.5, 0.6) is 0 Å². The molecule has 0 aliphatic heterocycles. The van der Waals surface area contributed by atoms with E-state index in [4.69, 9.17) is 0 Å². The average Bonchev–Trinajstić information content (AvgIpc) is 3.25. The first-order valence-electron chi connectivity index (χ1n) is 8.93. The number of rotatable bonds is 5. The molecule has 4 nitrogen and oxygen atoms in total. The van der Waals surface area contributed by atoms with Gasteiger partial charge in [0.25, 0.3) is 0 Å². The first kappa shape index (κ1) is 21.2. The highest BCUT2D eigenvalue weighted by Gasteiger charge is 2.39. The zero-order chi connectivity index (χ0) is 18.0. The van der Waals surface area contributed by atoms with Crippen molar-refractivity contribution >= 4 is 41.3 Å². The normalized spacial score (nSPS) is 19.2. The number of hydrogen-bond donors (Lipinski definition) is 1. The maximum atomic E-state index is 4.54. The van der Waals surface area contributed by atoms with Crippen molar-refractivity contribution in [2.24, 2.45) is 4.99 Å². The molecule has 1 aliphatic rings. The van der Waals surface area contributed by atoms with Crippen molar-refractivity contribution in [3.63, 3.8) is 0 Å². The third-order valence-electron chi connectivity index (χ3n) is 4.78. The molecule has 1 saturated carbocycles. The van der Waals surface area contributed by atoms with Crippen LogP contribution in [-0.4, -0.2) is 36.0 Å². The second-order valence-corrected chi connectivity index (χ2v) is 8.24. The van der Waals surface area contributed by atoms with Crippen LogP contribution < -0.4 is 5.32 Å². The molecule has 6 heteroatoms. The van der Waals surface area contributed by atoms with Crippen molar-refractivity contribution < 1.29 is 0 Å². The fraction of sp³-hybridized carbons (Fsp3) is 0.500. The third-order valence-corrected chi connectivity index (χ3v) is 5.60. The van der Waals surface area contributed by atoms with Crippen LogP contribution in [0.4, 0.5) is 0 Å². The Balaban J connectivity index is 0.00000243. The van der Waals surface area contributed by atoms with Gasteiger partial charge in [-0.1, -0.05) is 38.1 Å². The Morgan fingerprint density at radius 2 is 2.04 bits per heavy atom. The van der Waals surface area contributed by atoms with Gasteiger partial charge in [-0.25, -0.2) is 4.98 Å². The van der Waals surface area contributed by atoms with Crippen LogP contribution in [-0.2, 0) is 6.54 Å². The number of benzene rings is 1. The van der Waals surface area contributed by atoms with E-state index in [0.717, 1.165) is 23.2 Å². The summed E-state index contributed by atoms with van der Waals surface area (Å²) in [4.78, 5) is 11.1. The van der Waals surface area contributed by atoms with Crippen LogP contribution in [0.25, 0.3) is 0 Å². The molecule has 142 valence electrons. The fourth-order valence-electron chi connectivity index (χ4n) is 3.16. The summed E-state index contributed by atoms with van der Waals surface area (Å²) in [5.74, 6) is 2.12. The first-order chi connectivity index (χ1) is 12.0. The van der Waals surface area contributed by atoms with Crippen molar-refractivity contribution in [1.82, 2.24) is 15.2 Å². The first-order valence-corrected chi connectivity index (χ1v) is 9.81. The maximum Gasteiger partial charge on any atom is 0.193 e. The van der Waals surface area contributed by atoms with E-state index in [1.165, 1.54) is 17.5 Å². The average molecular weight is 484 g/mol. The topological polar surface area (TPSA) is 40.5 Å². The molecule has 3 rings (SSSR count). The monoisotopic (exact) mass is 484 g/mol. The molecule has 26 heavy (non-hydrogen) atoms. The minimum atomic E-state index is 0. The van der Waals surface area contributed by atoms with E-state index in [-0.39, 0.29) is 24.0 Å². The van der Waals surface area contributed by atoms with E-state index in [1.54, 1.807) is 11.3 Å². The van der Waals surface area contributed by atoms with Crippen molar-refractivity contribution in [2.75, 3.05) is 14.1 Å². The predicted molar refractivity (Wildman–Crippen MR) is 122 cm³/mol. The third kappa shape index (κ3) is 5.19. The highest BCUT2D eigenvalue weighted by molar-refractivity contribution is 14.0. The summed E-state index contributed by atoms with van der Waals surface area (Å²) in [7, 11) is 3.92. The van der Waals surface area contributed by atoms with Gasteiger partial charge in [0.1, 0.15) is 0 Å². The summed E-state index contributed by atoms with van der Waals surface area (Å²) in [5, 5.41) is 6.83. The molecule has 1 aromatic heterocycles. The number of thiazole rings is 1. The summed E-state index contributed by atoms with van der Waals surface area (Å²) in [5.41, 5.74) is 3.93. The lowest BCUT2D eigenvalue weighted by Gasteiger charge is -2.21. The molecular formula is C20H29IN4S. The van der Waals surface area contributed by atoms with E-state index in [0.29, 0.717) is 17.9 Å². The standard InChI is InChI=1S/C20H28N4S.HI/c1-13(2)15-6-8-16(9-7-15)18-10-19(18)23-20(21-4)24(5)11-17-12-25-14(3)22-17;/h6-9,12-13,18-19H,10-11H2,1-5H3,(H,21,23);1H. The molecule has 0 bridgehead atoms. The van der Waals surface area contributed by atoms with Crippen molar-refractivity contribution in [3.05, 3.63) is 51.5 Å². The van der Waals surface area contributed by atoms with Gasteiger partial charge in [-0.3, -0.25) is 4.99 Å². The summed E-state index contributed by atoms with van der Waals surface area (Å²) >= 11 is 1.69. The summed E-state index contributed by atoms with van der Waals surface area (Å²) in [6.45, 7) is 7.30. The molecule has 1 fully saturated rings. The molecule has 0 amide bonds. The molecular weight excluding hydrogens is 455 g/mol. The zero-order valence-corrected chi connectivity index (χ0v) is 19.3. The summed E-state index contributed by atoms with van der Waals surface area (Å²) < 4.78 is 0. The fourth-order valence-corrected chi connectivity index (χ4v) is 3.76. The molecule has 0 radical (unpaired) electrons. The molecule has 0 saturated heterocycles. The highest BCUT2D eigenvalue weighted by atomic mass is 127. The van der Waals surface area contributed by atoms with Crippen LogP contribution in [0.2, 0.25) is 0 Å². The van der Waals surface area contributed by atoms with Gasteiger partial charge in [-0.05, 0) is 30.4 Å². The van der Waals surface area contributed by atoms with Gasteiger partial charge in [0.05, 0.1) is 17.2 Å². The number of guanidine groups is 1. The van der Waals surface area contributed by atoms with Gasteiger partial charge >= 0.3 is 0 Å². The Kier molecular flexibility index (Phi) is 7.46. The smallest absolute Gasteiger partial charge is 0.193 e. The van der Waals surface area contributed by atoms with Crippen molar-refractivity contribution in [2.45, 2.75) is 51.6 Å². The van der Waals surface area contributed by atoms with Crippen LogP contribution in [0.1, 0.15) is 53.9 Å². The number of nitrogens with zero attached hydrogens (tertiary/aromatic N) is 3. The van der Waals surface area contributed by atoms with Crippen LogP contribution >= 0.6 is 35.3 Å². The lowest BCUT2D eigenvalue weighted by molar-refractivity contribution is 0.469. The lowest BCUT2D eigenvalue weighted by Crippen LogP contribution is -2.40. The molecule has 0 spiro atoms. The minimum absolute atomic E-state index is 0. The van der Waals surface area contributed by atoms with E-state index in [9.17, 15) is 0 Å². The van der Waals surface area contributed by atoms with Gasteiger partial charge in [-0.15, -0.1) is 35.3 Å². The number of halogens is 1. The van der Waals surface area contributed by atoms with E-state index in [2.05, 4.69) is 70.7 Å². The second kappa shape index (κ2) is 9.17. The molecule has 2 aromatic rings. The second-order valence-electron chi connectivity index (χ2n) is 7.18. The van der Waals surface area contributed by atoms with Crippen molar-refractivity contribution in [3.8, 4) is 0 Å². The van der Waals surface area contributed by atoms with Gasteiger partial charge < -0.3 is 10.2 Å². The summed E-state index contributed by atoms with van der Waals surface area (Å²) in [6.07, 6.45) is 1.17. The number of aromatic nitrogens is 1. The Labute approximate surface area is 178 Å². The van der Waals surface area contributed by atoms with Gasteiger partial charge in [0, 0.05) is 31.4 Å². The molecule has 1 aromatic carbocycles. The summed E-state index contributed by atoms with van der Waals surface area (Å²) in [6, 6.07) is 9.57. The number of nitrogens with one attached hydrogen (secondary N) is 1. The lowest BCUT2D eigenvalue weighted by atomic mass is 10.0. The van der Waals surface area contributed by atoms with Gasteiger partial charge in [0.15, 0.2) is 5.96 Å². The molecule has 2 unspecified atom stereocenters. The Morgan fingerprint density at radius 3 is 2.58 bits per heavy atom. The van der Waals surface area contributed by atoms with E-state index in [1.807, 2.05) is 14.0 Å². The van der Waals surface area contributed by atoms with Gasteiger partial charge in [0.2, 0.25) is 0 Å². The van der Waals surface area contributed by atoms with Crippen LogP contribution in [0.15, 0.2) is 34.6 Å². The Hall–Kier alpha value is -1.15. The number of hydrogen-bond acceptors (Lipinski definition) is 3.